The van der Waals surface area contributed by atoms with Gasteiger partial charge in [-0.1, -0.05) is 29.8 Å². The minimum Gasteiger partial charge on any atom is -0.379 e. The maximum Gasteiger partial charge on any atom is 0.222 e. The molecule has 2 heterocycles. The Labute approximate surface area is 137 Å². The van der Waals surface area contributed by atoms with Crippen molar-refractivity contribution in [1.29, 1.82) is 0 Å². The molecular formula is C18H24N4O. The van der Waals surface area contributed by atoms with Gasteiger partial charge in [0.05, 0.1) is 13.2 Å². The van der Waals surface area contributed by atoms with Gasteiger partial charge in [-0.25, -0.2) is 9.97 Å². The highest BCUT2D eigenvalue weighted by molar-refractivity contribution is 5.62. The molecule has 1 N–H and O–H groups in total. The number of nitrogens with one attached hydrogen (secondary N) is 1. The van der Waals surface area contributed by atoms with E-state index in [1.807, 2.05) is 12.4 Å². The van der Waals surface area contributed by atoms with Crippen LogP contribution in [-0.4, -0.2) is 54.3 Å². The zero-order chi connectivity index (χ0) is 15.9. The van der Waals surface area contributed by atoms with Gasteiger partial charge in [-0.05, 0) is 25.5 Å². The largest absolute Gasteiger partial charge is 0.379 e. The Morgan fingerprint density at radius 3 is 2.43 bits per heavy atom. The van der Waals surface area contributed by atoms with Gasteiger partial charge in [0.15, 0.2) is 0 Å². The standard InChI is InChI=1S/C18H24N4O/c1-15-3-5-16(6-4-15)17-13-20-18(21-14-17)19-7-2-8-22-9-11-23-12-10-22/h3-6,13-14H,2,7-12H2,1H3,(H,19,20,21). The molecule has 0 atom stereocenters. The second kappa shape index (κ2) is 8.04. The van der Waals surface area contributed by atoms with Gasteiger partial charge >= 0.3 is 0 Å². The zero-order valence-corrected chi connectivity index (χ0v) is 13.7. The van der Waals surface area contributed by atoms with E-state index in [2.05, 4.69) is 51.4 Å². The number of anilines is 1. The van der Waals surface area contributed by atoms with E-state index >= 15 is 0 Å². The first kappa shape index (κ1) is 15.9. The Morgan fingerprint density at radius 2 is 1.74 bits per heavy atom. The third-order valence-electron chi connectivity index (χ3n) is 4.07. The van der Waals surface area contributed by atoms with Gasteiger partial charge in [-0.15, -0.1) is 0 Å². The molecule has 0 saturated carbocycles. The van der Waals surface area contributed by atoms with Crippen LogP contribution in [0.15, 0.2) is 36.7 Å². The zero-order valence-electron chi connectivity index (χ0n) is 13.7. The first-order valence-corrected chi connectivity index (χ1v) is 8.24. The number of hydrogen-bond donors (Lipinski definition) is 1. The molecule has 0 radical (unpaired) electrons. The van der Waals surface area contributed by atoms with Gasteiger partial charge < -0.3 is 10.1 Å². The summed E-state index contributed by atoms with van der Waals surface area (Å²) in [5.41, 5.74) is 3.45. The highest BCUT2D eigenvalue weighted by Crippen LogP contribution is 2.18. The van der Waals surface area contributed by atoms with Crippen LogP contribution in [0, 0.1) is 6.92 Å². The third kappa shape index (κ3) is 4.74. The lowest BCUT2D eigenvalue weighted by atomic mass is 10.1. The SMILES string of the molecule is Cc1ccc(-c2cnc(NCCCN3CCOCC3)nc2)cc1. The maximum absolute atomic E-state index is 5.35. The summed E-state index contributed by atoms with van der Waals surface area (Å²) in [6.45, 7) is 7.88. The fourth-order valence-corrected chi connectivity index (χ4v) is 2.64. The quantitative estimate of drug-likeness (QED) is 0.831. The van der Waals surface area contributed by atoms with Crippen LogP contribution in [-0.2, 0) is 4.74 Å². The number of benzene rings is 1. The molecule has 1 aliphatic rings. The van der Waals surface area contributed by atoms with E-state index in [0.717, 1.165) is 56.9 Å². The number of aromatic nitrogens is 2. The van der Waals surface area contributed by atoms with Crippen molar-refractivity contribution >= 4 is 5.95 Å². The van der Waals surface area contributed by atoms with Crippen molar-refractivity contribution < 1.29 is 4.74 Å². The van der Waals surface area contributed by atoms with E-state index in [1.54, 1.807) is 0 Å². The Balaban J connectivity index is 1.45. The van der Waals surface area contributed by atoms with Gasteiger partial charge in [0.1, 0.15) is 0 Å². The van der Waals surface area contributed by atoms with Crippen molar-refractivity contribution in [2.45, 2.75) is 13.3 Å². The summed E-state index contributed by atoms with van der Waals surface area (Å²) >= 11 is 0. The van der Waals surface area contributed by atoms with Crippen molar-refractivity contribution in [2.75, 3.05) is 44.7 Å². The van der Waals surface area contributed by atoms with Crippen LogP contribution in [0.3, 0.4) is 0 Å². The molecule has 5 heteroatoms. The number of morpholine rings is 1. The summed E-state index contributed by atoms with van der Waals surface area (Å²) in [6.07, 6.45) is 4.84. The minimum absolute atomic E-state index is 0.697. The average Bonchev–Trinajstić information content (AvgIpc) is 2.61. The normalized spacial score (nSPS) is 15.5. The van der Waals surface area contributed by atoms with E-state index in [-0.39, 0.29) is 0 Å². The molecule has 0 spiro atoms. The molecule has 2 aromatic rings. The Bertz CT molecular complexity index is 591. The minimum atomic E-state index is 0.697. The van der Waals surface area contributed by atoms with Crippen molar-refractivity contribution in [2.24, 2.45) is 0 Å². The molecule has 0 amide bonds. The molecule has 122 valence electrons. The second-order valence-electron chi connectivity index (χ2n) is 5.90. The lowest BCUT2D eigenvalue weighted by Gasteiger charge is -2.26. The van der Waals surface area contributed by atoms with Crippen LogP contribution in [0.2, 0.25) is 0 Å². The molecule has 5 nitrogen and oxygen atoms in total. The topological polar surface area (TPSA) is 50.3 Å². The molecule has 1 saturated heterocycles. The maximum atomic E-state index is 5.35. The molecule has 23 heavy (non-hydrogen) atoms. The number of nitrogens with zero attached hydrogens (tertiary/aromatic N) is 3. The Kier molecular flexibility index (Phi) is 5.56. The van der Waals surface area contributed by atoms with E-state index in [1.165, 1.54) is 5.56 Å². The molecule has 3 rings (SSSR count). The fraction of sp³-hybridized carbons (Fsp3) is 0.444. The van der Waals surface area contributed by atoms with Crippen molar-refractivity contribution in [3.63, 3.8) is 0 Å². The summed E-state index contributed by atoms with van der Waals surface area (Å²) in [5.74, 6) is 0.697. The van der Waals surface area contributed by atoms with Crippen LogP contribution in [0.25, 0.3) is 11.1 Å². The monoisotopic (exact) mass is 312 g/mol. The van der Waals surface area contributed by atoms with E-state index in [9.17, 15) is 0 Å². The van der Waals surface area contributed by atoms with E-state index in [0.29, 0.717) is 5.95 Å². The molecule has 1 fully saturated rings. The van der Waals surface area contributed by atoms with E-state index in [4.69, 9.17) is 4.74 Å². The highest BCUT2D eigenvalue weighted by Gasteiger charge is 2.09. The number of rotatable bonds is 6. The summed E-state index contributed by atoms with van der Waals surface area (Å²) in [7, 11) is 0. The van der Waals surface area contributed by atoms with Crippen molar-refractivity contribution in [1.82, 2.24) is 14.9 Å². The number of aryl methyl sites for hydroxylation is 1. The van der Waals surface area contributed by atoms with Crippen LogP contribution in [0.5, 0.6) is 0 Å². The molecule has 1 aliphatic heterocycles. The third-order valence-corrected chi connectivity index (χ3v) is 4.07. The van der Waals surface area contributed by atoms with Crippen LogP contribution in [0.1, 0.15) is 12.0 Å². The second-order valence-corrected chi connectivity index (χ2v) is 5.90. The lowest BCUT2D eigenvalue weighted by molar-refractivity contribution is 0.0378. The Hall–Kier alpha value is -1.98. The van der Waals surface area contributed by atoms with Gasteiger partial charge in [-0.3, -0.25) is 4.90 Å². The average molecular weight is 312 g/mol. The molecular weight excluding hydrogens is 288 g/mol. The first-order chi connectivity index (χ1) is 11.3. The molecule has 1 aromatic carbocycles. The van der Waals surface area contributed by atoms with Crippen molar-refractivity contribution in [3.8, 4) is 11.1 Å². The lowest BCUT2D eigenvalue weighted by Crippen LogP contribution is -2.37. The highest BCUT2D eigenvalue weighted by atomic mass is 16.5. The smallest absolute Gasteiger partial charge is 0.222 e. The predicted octanol–water partition coefficient (Wildman–Crippen LogP) is 2.59. The van der Waals surface area contributed by atoms with Crippen LogP contribution < -0.4 is 5.32 Å². The van der Waals surface area contributed by atoms with Crippen molar-refractivity contribution in [3.05, 3.63) is 42.2 Å². The summed E-state index contributed by atoms with van der Waals surface area (Å²) in [5, 5.41) is 3.29. The predicted molar refractivity (Wildman–Crippen MR) is 92.6 cm³/mol. The van der Waals surface area contributed by atoms with Crippen LogP contribution in [0.4, 0.5) is 5.95 Å². The summed E-state index contributed by atoms with van der Waals surface area (Å²) in [4.78, 5) is 11.2. The molecule has 0 aliphatic carbocycles. The van der Waals surface area contributed by atoms with Gasteiger partial charge in [0.25, 0.3) is 0 Å². The summed E-state index contributed by atoms with van der Waals surface area (Å²) < 4.78 is 5.35. The number of hydrogen-bond acceptors (Lipinski definition) is 5. The van der Waals surface area contributed by atoms with E-state index < -0.39 is 0 Å². The molecule has 0 unspecified atom stereocenters. The van der Waals surface area contributed by atoms with Gasteiger partial charge in [-0.2, -0.15) is 0 Å². The Morgan fingerprint density at radius 1 is 1.04 bits per heavy atom. The number of ether oxygens (including phenoxy) is 1. The fourth-order valence-electron chi connectivity index (χ4n) is 2.64. The molecule has 1 aromatic heterocycles. The van der Waals surface area contributed by atoms with Gasteiger partial charge in [0.2, 0.25) is 5.95 Å². The van der Waals surface area contributed by atoms with Gasteiger partial charge in [0, 0.05) is 37.6 Å². The molecule has 0 bridgehead atoms. The summed E-state index contributed by atoms with van der Waals surface area (Å²) in [6, 6.07) is 8.41. The first-order valence-electron chi connectivity index (χ1n) is 8.24. The van der Waals surface area contributed by atoms with Crippen LogP contribution >= 0.6 is 0 Å².